The van der Waals surface area contributed by atoms with Crippen molar-refractivity contribution in [2.45, 2.75) is 30.7 Å². The van der Waals surface area contributed by atoms with E-state index in [0.717, 1.165) is 11.1 Å². The highest BCUT2D eigenvalue weighted by atomic mass is 32.2. The average Bonchev–Trinajstić information content (AvgIpc) is 3.52. The van der Waals surface area contributed by atoms with Crippen LogP contribution in [0.3, 0.4) is 0 Å². The first-order chi connectivity index (χ1) is 16.2. The van der Waals surface area contributed by atoms with Crippen molar-refractivity contribution in [1.82, 2.24) is 14.9 Å². The number of rotatable bonds is 7. The van der Waals surface area contributed by atoms with Gasteiger partial charge in [-0.25, -0.2) is 8.42 Å². The number of hydrogen-bond donors (Lipinski definition) is 1. The molecule has 0 aliphatic carbocycles. The van der Waals surface area contributed by atoms with Gasteiger partial charge in [-0.05, 0) is 29.8 Å². The van der Waals surface area contributed by atoms with Gasteiger partial charge >= 0.3 is 0 Å². The molecule has 0 amide bonds. The first-order valence-corrected chi connectivity index (χ1v) is 12.0. The Balaban J connectivity index is 1.57. The third kappa shape index (κ3) is 3.61. The number of aromatic nitrogens is 3. The minimum absolute atomic E-state index is 0.00871. The topological polar surface area (TPSA) is 118 Å². The fourth-order valence-corrected chi connectivity index (χ4v) is 5.46. The molecule has 0 unspecified atom stereocenters. The highest BCUT2D eigenvalue weighted by Gasteiger charge is 2.39. The summed E-state index contributed by atoms with van der Waals surface area (Å²) in [5.41, 5.74) is 1.69. The van der Waals surface area contributed by atoms with Crippen molar-refractivity contribution in [2.24, 2.45) is 0 Å². The third-order valence-electron chi connectivity index (χ3n) is 5.82. The fraction of sp³-hybridized carbons (Fsp3) is 0.304. The van der Waals surface area contributed by atoms with Crippen LogP contribution in [0.2, 0.25) is 0 Å². The summed E-state index contributed by atoms with van der Waals surface area (Å²) < 4.78 is 53.6. The molecule has 4 aromatic rings. The Hall–Kier alpha value is -3.73. The van der Waals surface area contributed by atoms with Crippen LogP contribution in [0.5, 0.6) is 17.2 Å². The molecule has 0 bridgehead atoms. The lowest BCUT2D eigenvalue weighted by molar-refractivity contribution is 0.284. The molecule has 0 spiro atoms. The summed E-state index contributed by atoms with van der Waals surface area (Å²) in [6.45, 7) is 4.83. The van der Waals surface area contributed by atoms with E-state index >= 15 is 0 Å². The molecule has 2 aromatic heterocycles. The van der Waals surface area contributed by atoms with E-state index in [-0.39, 0.29) is 27.6 Å². The largest absolute Gasteiger partial charge is 0.496 e. The number of sulfonamides is 1. The van der Waals surface area contributed by atoms with Gasteiger partial charge in [-0.2, -0.15) is 5.10 Å². The van der Waals surface area contributed by atoms with Gasteiger partial charge in [-0.1, -0.05) is 25.1 Å². The Labute approximate surface area is 196 Å². The summed E-state index contributed by atoms with van der Waals surface area (Å²) in [5.74, 6) is 0.874. The van der Waals surface area contributed by atoms with Crippen LogP contribution in [0.1, 0.15) is 25.0 Å². The zero-order chi connectivity index (χ0) is 24.1. The van der Waals surface area contributed by atoms with Gasteiger partial charge in [0.2, 0.25) is 0 Å². The van der Waals surface area contributed by atoms with Crippen LogP contribution in [-0.2, 0) is 22.0 Å². The highest BCUT2D eigenvalue weighted by Crippen LogP contribution is 2.47. The zero-order valence-corrected chi connectivity index (χ0v) is 20.0. The Morgan fingerprint density at radius 2 is 1.97 bits per heavy atom. The third-order valence-corrected chi connectivity index (χ3v) is 7.21. The Morgan fingerprint density at radius 1 is 1.18 bits per heavy atom. The van der Waals surface area contributed by atoms with Crippen molar-refractivity contribution < 1.29 is 27.2 Å². The van der Waals surface area contributed by atoms with Gasteiger partial charge in [0.25, 0.3) is 10.0 Å². The van der Waals surface area contributed by atoms with Crippen molar-refractivity contribution in [2.75, 3.05) is 25.5 Å². The van der Waals surface area contributed by atoms with Crippen LogP contribution in [-0.4, -0.2) is 44.2 Å². The second kappa shape index (κ2) is 7.94. The minimum Gasteiger partial charge on any atom is -0.496 e. The molecule has 3 heterocycles. The van der Waals surface area contributed by atoms with E-state index in [4.69, 9.17) is 18.7 Å². The maximum atomic E-state index is 13.6. The number of nitrogens with one attached hydrogen (secondary N) is 1. The lowest BCUT2D eigenvalue weighted by Gasteiger charge is -2.17. The minimum atomic E-state index is -4.16. The van der Waals surface area contributed by atoms with E-state index in [0.29, 0.717) is 29.9 Å². The predicted molar refractivity (Wildman–Crippen MR) is 124 cm³/mol. The van der Waals surface area contributed by atoms with Crippen LogP contribution in [0.4, 0.5) is 5.82 Å². The number of benzene rings is 2. The van der Waals surface area contributed by atoms with Gasteiger partial charge in [0.1, 0.15) is 22.6 Å². The summed E-state index contributed by atoms with van der Waals surface area (Å²) in [6.07, 6.45) is 3.53. The van der Waals surface area contributed by atoms with E-state index in [1.807, 2.05) is 32.2 Å². The lowest BCUT2D eigenvalue weighted by Crippen LogP contribution is -2.18. The normalized spacial score (nSPS) is 14.6. The molecule has 0 radical (unpaired) electrons. The first kappa shape index (κ1) is 22.1. The van der Waals surface area contributed by atoms with Gasteiger partial charge in [0.15, 0.2) is 16.3 Å². The van der Waals surface area contributed by atoms with E-state index in [2.05, 4.69) is 15.0 Å². The van der Waals surface area contributed by atoms with Crippen LogP contribution < -0.4 is 18.9 Å². The number of anilines is 1. The molecule has 1 aliphatic heterocycles. The first-order valence-electron chi connectivity index (χ1n) is 10.5. The van der Waals surface area contributed by atoms with Gasteiger partial charge in [0.05, 0.1) is 27.4 Å². The van der Waals surface area contributed by atoms with E-state index < -0.39 is 10.0 Å². The molecule has 11 heteroatoms. The standard InChI is InChI=1S/C23H24N4O6S/c1-23(2)13-32-20-15(23)6-7-16(30-3)21(20)34(28,29)26-22-19-17(31-4)10-14(11-18(19)33-25-22)12-27-9-5-8-24-27/h5-11H,12-13H2,1-4H3,(H,25,26). The van der Waals surface area contributed by atoms with Gasteiger partial charge in [0, 0.05) is 23.4 Å². The molecule has 0 atom stereocenters. The molecule has 34 heavy (non-hydrogen) atoms. The summed E-state index contributed by atoms with van der Waals surface area (Å²) >= 11 is 0. The van der Waals surface area contributed by atoms with Crippen LogP contribution in [0.25, 0.3) is 11.0 Å². The molecular formula is C23H24N4O6S. The second-order valence-corrected chi connectivity index (χ2v) is 10.3. The van der Waals surface area contributed by atoms with Crippen molar-refractivity contribution >= 4 is 26.8 Å². The Morgan fingerprint density at radius 3 is 2.68 bits per heavy atom. The van der Waals surface area contributed by atoms with Crippen molar-refractivity contribution in [3.63, 3.8) is 0 Å². The quantitative estimate of drug-likeness (QED) is 0.423. The number of fused-ring (bicyclic) bond motifs is 2. The molecule has 1 N–H and O–H groups in total. The number of hydrogen-bond acceptors (Lipinski definition) is 8. The fourth-order valence-electron chi connectivity index (χ4n) is 4.14. The van der Waals surface area contributed by atoms with Crippen LogP contribution in [0, 0.1) is 0 Å². The van der Waals surface area contributed by atoms with E-state index in [9.17, 15) is 8.42 Å². The van der Waals surface area contributed by atoms with Crippen molar-refractivity contribution in [1.29, 1.82) is 0 Å². The van der Waals surface area contributed by atoms with Crippen LogP contribution >= 0.6 is 0 Å². The Bertz CT molecular complexity index is 1480. The zero-order valence-electron chi connectivity index (χ0n) is 19.2. The molecule has 0 saturated carbocycles. The van der Waals surface area contributed by atoms with Gasteiger partial charge in [-0.3, -0.25) is 9.40 Å². The molecule has 1 aliphatic rings. The van der Waals surface area contributed by atoms with E-state index in [1.54, 1.807) is 29.1 Å². The summed E-state index contributed by atoms with van der Waals surface area (Å²) in [7, 11) is -1.25. The summed E-state index contributed by atoms with van der Waals surface area (Å²) in [5, 5.41) is 8.59. The maximum absolute atomic E-state index is 13.6. The van der Waals surface area contributed by atoms with Crippen molar-refractivity contribution in [3.05, 3.63) is 53.9 Å². The lowest BCUT2D eigenvalue weighted by atomic mass is 9.87. The molecular weight excluding hydrogens is 460 g/mol. The molecule has 178 valence electrons. The number of nitrogens with zero attached hydrogens (tertiary/aromatic N) is 3. The Kier molecular flexibility index (Phi) is 5.16. The van der Waals surface area contributed by atoms with Crippen LogP contribution in [0.15, 0.2) is 52.1 Å². The average molecular weight is 485 g/mol. The van der Waals surface area contributed by atoms with Gasteiger partial charge in [-0.15, -0.1) is 0 Å². The SMILES string of the molecule is COc1ccc2c(c1S(=O)(=O)Nc1noc3cc(Cn4cccn4)cc(OC)c13)OCC2(C)C. The molecule has 10 nitrogen and oxygen atoms in total. The molecule has 2 aromatic carbocycles. The number of methoxy groups -OCH3 is 2. The highest BCUT2D eigenvalue weighted by molar-refractivity contribution is 7.93. The maximum Gasteiger partial charge on any atom is 0.270 e. The molecule has 0 fully saturated rings. The van der Waals surface area contributed by atoms with E-state index in [1.165, 1.54) is 14.2 Å². The molecule has 5 rings (SSSR count). The van der Waals surface area contributed by atoms with Crippen molar-refractivity contribution in [3.8, 4) is 17.2 Å². The monoisotopic (exact) mass is 484 g/mol. The second-order valence-electron chi connectivity index (χ2n) is 8.66. The predicted octanol–water partition coefficient (Wildman–Crippen LogP) is 3.56. The smallest absolute Gasteiger partial charge is 0.270 e. The molecule has 0 saturated heterocycles. The van der Waals surface area contributed by atoms with Gasteiger partial charge < -0.3 is 18.7 Å². The summed E-state index contributed by atoms with van der Waals surface area (Å²) in [6, 6.07) is 8.86. The summed E-state index contributed by atoms with van der Waals surface area (Å²) in [4.78, 5) is -0.0801. The number of ether oxygens (including phenoxy) is 3.